The molecule has 2 N–H and O–H groups in total. The largest absolute Gasteiger partial charge is 0.191 e. The molecule has 1 aliphatic rings. The molecule has 36 valence electrons. The molecular weight excluding hydrogens is 88.1 g/mol. The third kappa shape index (κ3) is 1.22. The average Bonchev–Trinajstić information content (AvgIpc) is 1.90. The minimum absolute atomic E-state index is 1.82. The van der Waals surface area contributed by atoms with Crippen molar-refractivity contribution in [2.45, 2.75) is 0 Å². The van der Waals surface area contributed by atoms with Crippen molar-refractivity contribution in [1.29, 1.82) is 0 Å². The quantitative estimate of drug-likeness (QED) is 0.385. The summed E-state index contributed by atoms with van der Waals surface area (Å²) in [6.07, 6.45) is 9.40. The van der Waals surface area contributed by atoms with Crippen LogP contribution in [0.15, 0.2) is 24.4 Å². The van der Waals surface area contributed by atoms with E-state index in [1.807, 2.05) is 30.6 Å². The number of rotatable bonds is 0. The van der Waals surface area contributed by atoms with E-state index in [4.69, 9.17) is 0 Å². The van der Waals surface area contributed by atoms with Gasteiger partial charge >= 0.3 is 0 Å². The van der Waals surface area contributed by atoms with Gasteiger partial charge in [-0.15, -0.1) is 5.10 Å². The Morgan fingerprint density at radius 2 is 2.14 bits per heavy atom. The minimum atomic E-state index is 1.82. The van der Waals surface area contributed by atoms with Gasteiger partial charge in [-0.1, -0.05) is 6.08 Å². The van der Waals surface area contributed by atoms with Gasteiger partial charge in [0.25, 0.3) is 0 Å². The predicted octanol–water partition coefficient (Wildman–Crippen LogP) is -1.27. The highest BCUT2D eigenvalue weighted by Crippen LogP contribution is 1.68. The first-order valence-corrected chi connectivity index (χ1v) is 2.16. The Hall–Kier alpha value is -1.05. The fourth-order valence-corrected chi connectivity index (χ4v) is 0.368. The second-order valence-corrected chi connectivity index (χ2v) is 1.20. The molecule has 2 nitrogen and oxygen atoms in total. The maximum absolute atomic E-state index is 2.80. The zero-order chi connectivity index (χ0) is 4.95. The van der Waals surface area contributed by atoms with Crippen LogP contribution < -0.4 is 10.5 Å². The molecule has 0 amide bonds. The molecule has 1 aliphatic heterocycles. The molecule has 0 aromatic rings. The molecule has 2 heteroatoms. The zero-order valence-corrected chi connectivity index (χ0v) is 3.89. The van der Waals surface area contributed by atoms with Crippen molar-refractivity contribution in [2.24, 2.45) is 0 Å². The first-order valence-electron chi connectivity index (χ1n) is 2.16. The Bertz CT molecular complexity index is 108. The van der Waals surface area contributed by atoms with Crippen LogP contribution >= 0.6 is 0 Å². The summed E-state index contributed by atoms with van der Waals surface area (Å²) in [5.41, 5.74) is 2.80. The van der Waals surface area contributed by atoms with Crippen molar-refractivity contribution < 1.29 is 5.10 Å². The van der Waals surface area contributed by atoms with E-state index >= 15 is 0 Å². The molecule has 1 heterocycles. The first-order chi connectivity index (χ1) is 3.50. The Balaban J connectivity index is 2.60. The van der Waals surface area contributed by atoms with Crippen LogP contribution in [-0.2, 0) is 0 Å². The molecule has 0 atom stereocenters. The summed E-state index contributed by atoms with van der Waals surface area (Å²) in [7, 11) is 0. The second kappa shape index (κ2) is 2.18. The topological polar surface area (TPSA) is 26.0 Å². The van der Waals surface area contributed by atoms with E-state index in [9.17, 15) is 0 Å². The maximum atomic E-state index is 2.80. The first kappa shape index (κ1) is 4.12. The lowest BCUT2D eigenvalue weighted by Gasteiger charge is -1.71. The lowest BCUT2D eigenvalue weighted by molar-refractivity contribution is -0.507. The Labute approximate surface area is 42.2 Å². The van der Waals surface area contributed by atoms with Crippen LogP contribution in [0.1, 0.15) is 0 Å². The SMILES string of the molecule is C1=CC=[NH+]NC=C1. The fourth-order valence-electron chi connectivity index (χ4n) is 0.368. The van der Waals surface area contributed by atoms with Gasteiger partial charge in [0.2, 0.25) is 0 Å². The highest BCUT2D eigenvalue weighted by Gasteiger charge is 1.74. The summed E-state index contributed by atoms with van der Waals surface area (Å²) in [6.45, 7) is 0. The van der Waals surface area contributed by atoms with Gasteiger partial charge in [0.05, 0.1) is 6.20 Å². The van der Waals surface area contributed by atoms with Gasteiger partial charge in [0, 0.05) is 6.08 Å². The Morgan fingerprint density at radius 3 is 3.14 bits per heavy atom. The van der Waals surface area contributed by atoms with E-state index in [1.54, 1.807) is 0 Å². The van der Waals surface area contributed by atoms with Crippen LogP contribution in [0.4, 0.5) is 0 Å². The molecule has 0 aliphatic carbocycles. The molecule has 0 fully saturated rings. The maximum Gasteiger partial charge on any atom is 0.191 e. The van der Waals surface area contributed by atoms with Crippen molar-refractivity contribution in [1.82, 2.24) is 5.43 Å². The van der Waals surface area contributed by atoms with E-state index in [0.717, 1.165) is 0 Å². The van der Waals surface area contributed by atoms with Gasteiger partial charge in [0.1, 0.15) is 0 Å². The van der Waals surface area contributed by atoms with E-state index in [-0.39, 0.29) is 0 Å². The predicted molar refractivity (Wildman–Crippen MR) is 28.4 cm³/mol. The molecule has 0 radical (unpaired) electrons. The Kier molecular flexibility index (Phi) is 1.28. The van der Waals surface area contributed by atoms with Crippen molar-refractivity contribution >= 4 is 6.21 Å². The second-order valence-electron chi connectivity index (χ2n) is 1.20. The number of hydrazone groups is 1. The summed E-state index contributed by atoms with van der Waals surface area (Å²) in [6, 6.07) is 0. The van der Waals surface area contributed by atoms with Crippen molar-refractivity contribution in [3.63, 3.8) is 0 Å². The summed E-state index contributed by atoms with van der Waals surface area (Å²) in [5.74, 6) is 0. The molecule has 0 saturated carbocycles. The smallest absolute Gasteiger partial charge is 0.175 e. The Morgan fingerprint density at radius 1 is 1.14 bits per heavy atom. The number of allylic oxidation sites excluding steroid dienone is 3. The lowest BCUT2D eigenvalue weighted by Crippen LogP contribution is -2.77. The summed E-state index contributed by atoms with van der Waals surface area (Å²) in [5, 5.41) is 2.80. The van der Waals surface area contributed by atoms with E-state index in [2.05, 4.69) is 10.5 Å². The van der Waals surface area contributed by atoms with Crippen LogP contribution in [-0.4, -0.2) is 6.21 Å². The normalized spacial score (nSPS) is 16.0. The fraction of sp³-hybridized carbons (Fsp3) is 0. The third-order valence-electron chi connectivity index (χ3n) is 0.665. The van der Waals surface area contributed by atoms with Gasteiger partial charge < -0.3 is 0 Å². The highest BCUT2D eigenvalue weighted by atomic mass is 15.3. The minimum Gasteiger partial charge on any atom is -0.175 e. The molecule has 0 aromatic heterocycles. The van der Waals surface area contributed by atoms with Crippen molar-refractivity contribution in [3.05, 3.63) is 24.4 Å². The standard InChI is InChI=1S/C5H6N2/c1-2-4-6-7-5-3-1/h1-6H/p+1. The monoisotopic (exact) mass is 95.1 g/mol. The van der Waals surface area contributed by atoms with Crippen LogP contribution in [0.5, 0.6) is 0 Å². The molecule has 0 spiro atoms. The van der Waals surface area contributed by atoms with Crippen LogP contribution in [0, 0.1) is 0 Å². The molecule has 0 aromatic carbocycles. The molecular formula is C5H7N2+. The van der Waals surface area contributed by atoms with Gasteiger partial charge in [-0.05, 0) is 6.08 Å². The van der Waals surface area contributed by atoms with E-state index in [1.165, 1.54) is 0 Å². The van der Waals surface area contributed by atoms with Crippen LogP contribution in [0.25, 0.3) is 0 Å². The number of hydrogen-bond acceptors (Lipinski definition) is 1. The summed E-state index contributed by atoms with van der Waals surface area (Å²) < 4.78 is 0. The zero-order valence-electron chi connectivity index (χ0n) is 3.89. The molecule has 0 saturated heterocycles. The third-order valence-corrected chi connectivity index (χ3v) is 0.665. The molecule has 7 heavy (non-hydrogen) atoms. The van der Waals surface area contributed by atoms with E-state index in [0.29, 0.717) is 0 Å². The van der Waals surface area contributed by atoms with Crippen LogP contribution in [0.3, 0.4) is 0 Å². The number of nitrogens with one attached hydrogen (secondary N) is 2. The lowest BCUT2D eigenvalue weighted by atomic mass is 10.5. The number of hydrazine groups is 1. The summed E-state index contributed by atoms with van der Waals surface area (Å²) >= 11 is 0. The molecule has 0 bridgehead atoms. The molecule has 0 unspecified atom stereocenters. The highest BCUT2D eigenvalue weighted by molar-refractivity contribution is 5.65. The van der Waals surface area contributed by atoms with Crippen molar-refractivity contribution in [2.75, 3.05) is 0 Å². The molecule has 1 rings (SSSR count). The van der Waals surface area contributed by atoms with Gasteiger partial charge in [-0.3, -0.25) is 0 Å². The van der Waals surface area contributed by atoms with Gasteiger partial charge in [-0.25, -0.2) is 0 Å². The van der Waals surface area contributed by atoms with Gasteiger partial charge in [0.15, 0.2) is 6.21 Å². The average molecular weight is 95.1 g/mol. The van der Waals surface area contributed by atoms with Crippen molar-refractivity contribution in [3.8, 4) is 0 Å². The van der Waals surface area contributed by atoms with E-state index < -0.39 is 0 Å². The number of hydrogen-bond donors (Lipinski definition) is 2. The van der Waals surface area contributed by atoms with Gasteiger partial charge in [-0.2, -0.15) is 5.43 Å². The van der Waals surface area contributed by atoms with Crippen LogP contribution in [0.2, 0.25) is 0 Å². The summed E-state index contributed by atoms with van der Waals surface area (Å²) in [4.78, 5) is 0.